The van der Waals surface area contributed by atoms with Crippen molar-refractivity contribution in [1.29, 1.82) is 0 Å². The molecule has 0 fully saturated rings. The van der Waals surface area contributed by atoms with Crippen LogP contribution >= 0.6 is 0 Å². The van der Waals surface area contributed by atoms with Crippen LogP contribution in [0.4, 0.5) is 0 Å². The Balaban J connectivity index is 1.50. The van der Waals surface area contributed by atoms with Gasteiger partial charge in [0.15, 0.2) is 12.3 Å². The van der Waals surface area contributed by atoms with Crippen LogP contribution in [0.3, 0.4) is 0 Å². The maximum Gasteiger partial charge on any atom is 0.258 e. The number of nitrogens with one attached hydrogen (secondary N) is 1. The molecule has 6 nitrogen and oxygen atoms in total. The van der Waals surface area contributed by atoms with Crippen molar-refractivity contribution >= 4 is 22.5 Å². The second-order valence-electron chi connectivity index (χ2n) is 8.80. The van der Waals surface area contributed by atoms with Gasteiger partial charge >= 0.3 is 0 Å². The molecule has 4 rings (SSSR count). The molecule has 0 unspecified atom stereocenters. The lowest BCUT2D eigenvalue weighted by atomic mass is 10.0. The first-order valence-corrected chi connectivity index (χ1v) is 10.9. The third-order valence-electron chi connectivity index (χ3n) is 5.92. The van der Waals surface area contributed by atoms with Gasteiger partial charge in [0.1, 0.15) is 5.69 Å². The van der Waals surface area contributed by atoms with Gasteiger partial charge in [-0.1, -0.05) is 47.1 Å². The Morgan fingerprint density at radius 3 is 2.56 bits per heavy atom. The summed E-state index contributed by atoms with van der Waals surface area (Å²) in [5, 5.41) is 8.75. The number of rotatable bonds is 6. The van der Waals surface area contributed by atoms with Crippen LogP contribution in [0, 0.1) is 13.8 Å². The number of amides is 1. The van der Waals surface area contributed by atoms with E-state index in [0.717, 1.165) is 34.3 Å². The van der Waals surface area contributed by atoms with Crippen molar-refractivity contribution in [3.63, 3.8) is 0 Å². The largest absolute Gasteiger partial charge is 0.468 e. The number of hydrogen-bond donors (Lipinski definition) is 1. The standard InChI is InChI=1S/C26H30N4O2/c1-15-7-9-20(10-8-15)19(5)27-22(31)14-32-23-13-18(4)24-25(29-30(6)26(24)28-23)21-12-16(2)11-17(21)3/h7-10,12-13,19H,11,14H2,1-6H3,(H,27,31)/t19-/m0/s1. The molecule has 2 aromatic heterocycles. The molecule has 1 aliphatic carbocycles. The molecule has 1 atom stereocenters. The first-order chi connectivity index (χ1) is 15.2. The third-order valence-corrected chi connectivity index (χ3v) is 5.92. The van der Waals surface area contributed by atoms with Crippen molar-refractivity contribution in [1.82, 2.24) is 20.1 Å². The minimum atomic E-state index is -0.185. The van der Waals surface area contributed by atoms with Crippen LogP contribution < -0.4 is 10.1 Å². The summed E-state index contributed by atoms with van der Waals surface area (Å²) in [4.78, 5) is 17.1. The number of nitrogens with zero attached hydrogens (tertiary/aromatic N) is 3. The van der Waals surface area contributed by atoms with Crippen LogP contribution in [0.15, 0.2) is 47.6 Å². The molecule has 0 saturated carbocycles. The maximum atomic E-state index is 12.4. The van der Waals surface area contributed by atoms with Gasteiger partial charge in [-0.15, -0.1) is 0 Å². The van der Waals surface area contributed by atoms with Crippen LogP contribution in [0.25, 0.3) is 16.6 Å². The number of ether oxygens (including phenoxy) is 1. The summed E-state index contributed by atoms with van der Waals surface area (Å²) in [7, 11) is 1.89. The predicted octanol–water partition coefficient (Wildman–Crippen LogP) is 4.96. The molecule has 0 radical (unpaired) electrons. The summed E-state index contributed by atoms with van der Waals surface area (Å²) >= 11 is 0. The van der Waals surface area contributed by atoms with Crippen molar-refractivity contribution in [2.45, 2.75) is 47.1 Å². The summed E-state index contributed by atoms with van der Waals surface area (Å²) in [6.07, 6.45) is 3.19. The summed E-state index contributed by atoms with van der Waals surface area (Å²) < 4.78 is 7.54. The number of fused-ring (bicyclic) bond motifs is 1. The number of aryl methyl sites for hydroxylation is 3. The van der Waals surface area contributed by atoms with E-state index in [-0.39, 0.29) is 18.6 Å². The van der Waals surface area contributed by atoms with E-state index in [2.05, 4.69) is 30.2 Å². The zero-order valence-corrected chi connectivity index (χ0v) is 19.6. The number of hydrogen-bond acceptors (Lipinski definition) is 4. The smallest absolute Gasteiger partial charge is 0.258 e. The number of aromatic nitrogens is 3. The van der Waals surface area contributed by atoms with Gasteiger partial charge in [-0.2, -0.15) is 10.1 Å². The minimum absolute atomic E-state index is 0.0922. The summed E-state index contributed by atoms with van der Waals surface area (Å²) in [5.74, 6) is 0.238. The van der Waals surface area contributed by atoms with Gasteiger partial charge in [-0.05, 0) is 52.2 Å². The quantitative estimate of drug-likeness (QED) is 0.600. The molecular weight excluding hydrogens is 400 g/mol. The molecule has 1 aromatic carbocycles. The fourth-order valence-corrected chi connectivity index (χ4v) is 4.23. The zero-order chi connectivity index (χ0) is 23.0. The Kier molecular flexibility index (Phi) is 5.87. The highest BCUT2D eigenvalue weighted by atomic mass is 16.5. The van der Waals surface area contributed by atoms with Crippen LogP contribution in [0.5, 0.6) is 5.88 Å². The fraction of sp³-hybridized carbons (Fsp3) is 0.346. The molecule has 0 spiro atoms. The van der Waals surface area contributed by atoms with Gasteiger partial charge in [0.05, 0.1) is 11.4 Å². The molecule has 3 aromatic rings. The Morgan fingerprint density at radius 1 is 1.19 bits per heavy atom. The first-order valence-electron chi connectivity index (χ1n) is 10.9. The summed E-state index contributed by atoms with van der Waals surface area (Å²) in [6.45, 7) is 10.2. The van der Waals surface area contributed by atoms with Gasteiger partial charge in [0.2, 0.25) is 5.88 Å². The average molecular weight is 431 g/mol. The van der Waals surface area contributed by atoms with E-state index in [1.807, 2.05) is 58.2 Å². The van der Waals surface area contributed by atoms with E-state index in [9.17, 15) is 4.79 Å². The molecular formula is C26H30N4O2. The topological polar surface area (TPSA) is 69.0 Å². The number of carbonyl (C=O) groups is 1. The first kappa shape index (κ1) is 21.8. The molecule has 0 aliphatic heterocycles. The number of benzene rings is 1. The van der Waals surface area contributed by atoms with E-state index in [0.29, 0.717) is 5.88 Å². The Labute approximate surface area is 189 Å². The predicted molar refractivity (Wildman–Crippen MR) is 127 cm³/mol. The highest BCUT2D eigenvalue weighted by Gasteiger charge is 2.21. The molecule has 6 heteroatoms. The van der Waals surface area contributed by atoms with Crippen LogP contribution in [0.2, 0.25) is 0 Å². The monoisotopic (exact) mass is 430 g/mol. The second kappa shape index (κ2) is 8.61. The van der Waals surface area contributed by atoms with Gasteiger partial charge in [0.25, 0.3) is 5.91 Å². The lowest BCUT2D eigenvalue weighted by Crippen LogP contribution is -2.31. The van der Waals surface area contributed by atoms with E-state index in [4.69, 9.17) is 9.84 Å². The molecule has 32 heavy (non-hydrogen) atoms. The van der Waals surface area contributed by atoms with E-state index in [1.54, 1.807) is 4.68 Å². The fourth-order valence-electron chi connectivity index (χ4n) is 4.23. The molecule has 0 bridgehead atoms. The molecule has 1 amide bonds. The van der Waals surface area contributed by atoms with Crippen molar-refractivity contribution in [3.05, 3.63) is 69.9 Å². The number of allylic oxidation sites excluding steroid dienone is 4. The van der Waals surface area contributed by atoms with Crippen molar-refractivity contribution in [2.24, 2.45) is 7.05 Å². The summed E-state index contributed by atoms with van der Waals surface area (Å²) in [5.41, 5.74) is 8.82. The van der Waals surface area contributed by atoms with Gasteiger partial charge in [-0.25, -0.2) is 4.68 Å². The van der Waals surface area contributed by atoms with Gasteiger partial charge in [0, 0.05) is 18.7 Å². The van der Waals surface area contributed by atoms with Crippen LogP contribution in [-0.4, -0.2) is 27.3 Å². The normalized spacial score (nSPS) is 14.6. The van der Waals surface area contributed by atoms with Crippen molar-refractivity contribution in [2.75, 3.05) is 6.61 Å². The number of carbonyl (C=O) groups excluding carboxylic acids is 1. The van der Waals surface area contributed by atoms with E-state index >= 15 is 0 Å². The van der Waals surface area contributed by atoms with Gasteiger partial charge in [-0.3, -0.25) is 4.79 Å². The Hall–Kier alpha value is -3.41. The molecule has 0 saturated heterocycles. The SMILES string of the molecule is CC1=CC(c2nn(C)c3nc(OCC(=O)N[C@@H](C)c4ccc(C)cc4)cc(C)c23)=C(C)C1. The van der Waals surface area contributed by atoms with Crippen LogP contribution in [0.1, 0.15) is 55.6 Å². The van der Waals surface area contributed by atoms with Crippen molar-refractivity contribution < 1.29 is 9.53 Å². The molecule has 2 heterocycles. The summed E-state index contributed by atoms with van der Waals surface area (Å²) in [6, 6.07) is 9.92. The highest BCUT2D eigenvalue weighted by molar-refractivity contribution is 5.95. The zero-order valence-electron chi connectivity index (χ0n) is 19.6. The average Bonchev–Trinajstić information content (AvgIpc) is 3.25. The Morgan fingerprint density at radius 2 is 1.91 bits per heavy atom. The molecule has 166 valence electrons. The second-order valence-corrected chi connectivity index (χ2v) is 8.80. The van der Waals surface area contributed by atoms with E-state index in [1.165, 1.54) is 22.3 Å². The van der Waals surface area contributed by atoms with Crippen molar-refractivity contribution in [3.8, 4) is 5.88 Å². The third kappa shape index (κ3) is 4.31. The van der Waals surface area contributed by atoms with Gasteiger partial charge < -0.3 is 10.1 Å². The van der Waals surface area contributed by atoms with E-state index < -0.39 is 0 Å². The molecule has 1 N–H and O–H groups in total. The number of pyridine rings is 1. The minimum Gasteiger partial charge on any atom is -0.468 e. The lowest BCUT2D eigenvalue weighted by molar-refractivity contribution is -0.123. The lowest BCUT2D eigenvalue weighted by Gasteiger charge is -2.15. The highest BCUT2D eigenvalue weighted by Crippen LogP contribution is 2.36. The molecule has 1 aliphatic rings. The maximum absolute atomic E-state index is 12.4. The Bertz CT molecular complexity index is 1250. The van der Waals surface area contributed by atoms with Crippen LogP contribution in [-0.2, 0) is 11.8 Å².